The number of hydrogen-bond acceptors (Lipinski definition) is 4. The monoisotopic (exact) mass is 348 g/mol. The Morgan fingerprint density at radius 2 is 1.75 bits per heavy atom. The first-order valence-corrected chi connectivity index (χ1v) is 8.17. The van der Waals surface area contributed by atoms with E-state index in [-0.39, 0.29) is 0 Å². The van der Waals surface area contributed by atoms with Gasteiger partial charge < -0.3 is 14.2 Å². The van der Waals surface area contributed by atoms with Crippen LogP contribution in [0.25, 0.3) is 0 Å². The summed E-state index contributed by atoms with van der Waals surface area (Å²) in [5, 5.41) is 0.342. The summed E-state index contributed by atoms with van der Waals surface area (Å²) in [5.41, 5.74) is 2.85. The molecule has 0 fully saturated rings. The molecule has 5 heteroatoms. The molecule has 128 valence electrons. The van der Waals surface area contributed by atoms with Crippen molar-refractivity contribution >= 4 is 17.9 Å². The van der Waals surface area contributed by atoms with E-state index >= 15 is 0 Å². The average molecular weight is 349 g/mol. The lowest BCUT2D eigenvalue weighted by Gasteiger charge is -2.14. The molecule has 0 saturated carbocycles. The fourth-order valence-electron chi connectivity index (χ4n) is 2.17. The fourth-order valence-corrected chi connectivity index (χ4v) is 2.44. The summed E-state index contributed by atoms with van der Waals surface area (Å²) in [6.07, 6.45) is 0.723. The van der Waals surface area contributed by atoms with Crippen LogP contribution in [0.1, 0.15) is 28.4 Å². The van der Waals surface area contributed by atoms with Crippen LogP contribution in [-0.2, 0) is 0 Å². The standard InChI is InChI=1S/C19H21ClO4/c1-4-22-18-11-15(12-21)10-17(20)19(18)24-8-7-23-16-6-5-13(2)14(3)9-16/h5-6,9-12H,4,7-8H2,1-3H3. The van der Waals surface area contributed by atoms with Crippen LogP contribution < -0.4 is 14.2 Å². The van der Waals surface area contributed by atoms with Crippen molar-refractivity contribution in [2.45, 2.75) is 20.8 Å². The predicted molar refractivity (Wildman–Crippen MR) is 94.9 cm³/mol. The number of hydrogen-bond donors (Lipinski definition) is 0. The fraction of sp³-hybridized carbons (Fsp3) is 0.316. The van der Waals surface area contributed by atoms with Crippen molar-refractivity contribution in [2.24, 2.45) is 0 Å². The molecule has 0 bridgehead atoms. The molecule has 0 aliphatic heterocycles. The summed E-state index contributed by atoms with van der Waals surface area (Å²) in [6, 6.07) is 9.11. The third-order valence-corrected chi connectivity index (χ3v) is 3.83. The van der Waals surface area contributed by atoms with Gasteiger partial charge in [0.05, 0.1) is 11.6 Å². The van der Waals surface area contributed by atoms with Gasteiger partial charge in [-0.25, -0.2) is 0 Å². The molecule has 0 spiro atoms. The predicted octanol–water partition coefficient (Wildman–Crippen LogP) is 4.63. The van der Waals surface area contributed by atoms with Gasteiger partial charge in [-0.3, -0.25) is 4.79 Å². The van der Waals surface area contributed by atoms with Crippen LogP contribution in [0.15, 0.2) is 30.3 Å². The Balaban J connectivity index is 1.98. The Hall–Kier alpha value is -2.20. The second-order valence-corrected chi connectivity index (χ2v) is 5.73. The highest BCUT2D eigenvalue weighted by Gasteiger charge is 2.12. The van der Waals surface area contributed by atoms with Crippen molar-refractivity contribution in [3.05, 3.63) is 52.0 Å². The second-order valence-electron chi connectivity index (χ2n) is 5.32. The van der Waals surface area contributed by atoms with E-state index in [0.29, 0.717) is 41.9 Å². The van der Waals surface area contributed by atoms with Gasteiger partial charge in [0.2, 0.25) is 0 Å². The molecular weight excluding hydrogens is 328 g/mol. The molecule has 0 atom stereocenters. The van der Waals surface area contributed by atoms with Crippen LogP contribution in [-0.4, -0.2) is 26.1 Å². The zero-order chi connectivity index (χ0) is 17.5. The number of aryl methyl sites for hydroxylation is 2. The highest BCUT2D eigenvalue weighted by Crippen LogP contribution is 2.36. The van der Waals surface area contributed by atoms with Gasteiger partial charge in [0, 0.05) is 5.56 Å². The van der Waals surface area contributed by atoms with Crippen LogP contribution in [0, 0.1) is 13.8 Å². The number of rotatable bonds is 8. The quantitative estimate of drug-likeness (QED) is 0.515. The van der Waals surface area contributed by atoms with Crippen molar-refractivity contribution < 1.29 is 19.0 Å². The molecule has 0 N–H and O–H groups in total. The molecule has 0 unspecified atom stereocenters. The van der Waals surface area contributed by atoms with Gasteiger partial charge in [0.1, 0.15) is 25.2 Å². The number of halogens is 1. The molecule has 0 aromatic heterocycles. The Labute approximate surface area is 147 Å². The normalized spacial score (nSPS) is 10.3. The number of ether oxygens (including phenoxy) is 3. The van der Waals surface area contributed by atoms with Crippen molar-refractivity contribution in [3.63, 3.8) is 0 Å². The summed E-state index contributed by atoms with van der Waals surface area (Å²) in [7, 11) is 0. The lowest BCUT2D eigenvalue weighted by molar-refractivity contribution is 0.112. The summed E-state index contributed by atoms with van der Waals surface area (Å²) >= 11 is 6.18. The van der Waals surface area contributed by atoms with Crippen LogP contribution in [0.5, 0.6) is 17.2 Å². The number of aldehydes is 1. The SMILES string of the molecule is CCOc1cc(C=O)cc(Cl)c1OCCOc1ccc(C)c(C)c1. The third-order valence-electron chi connectivity index (χ3n) is 3.54. The molecule has 0 saturated heterocycles. The Morgan fingerprint density at radius 1 is 1.00 bits per heavy atom. The highest BCUT2D eigenvalue weighted by molar-refractivity contribution is 6.32. The number of benzene rings is 2. The zero-order valence-electron chi connectivity index (χ0n) is 14.1. The minimum atomic E-state index is 0.313. The van der Waals surface area contributed by atoms with Crippen molar-refractivity contribution in [1.29, 1.82) is 0 Å². The average Bonchev–Trinajstić information content (AvgIpc) is 2.56. The van der Waals surface area contributed by atoms with Gasteiger partial charge in [-0.2, -0.15) is 0 Å². The van der Waals surface area contributed by atoms with Crippen molar-refractivity contribution in [3.8, 4) is 17.2 Å². The number of carbonyl (C=O) groups excluding carboxylic acids is 1. The van der Waals surface area contributed by atoms with Crippen LogP contribution in [0.2, 0.25) is 5.02 Å². The highest BCUT2D eigenvalue weighted by atomic mass is 35.5. The molecule has 2 aromatic carbocycles. The molecular formula is C19H21ClO4. The first-order chi connectivity index (χ1) is 11.5. The van der Waals surface area contributed by atoms with Gasteiger partial charge in [0.25, 0.3) is 0 Å². The minimum Gasteiger partial charge on any atom is -0.490 e. The summed E-state index contributed by atoms with van der Waals surface area (Å²) in [6.45, 7) is 7.10. The maximum Gasteiger partial charge on any atom is 0.179 e. The summed E-state index contributed by atoms with van der Waals surface area (Å²) in [5.74, 6) is 1.68. The van der Waals surface area contributed by atoms with Gasteiger partial charge in [-0.05, 0) is 56.2 Å². The maximum absolute atomic E-state index is 10.9. The molecule has 2 aromatic rings. The molecule has 4 nitrogen and oxygen atoms in total. The molecule has 0 aliphatic rings. The Morgan fingerprint density at radius 3 is 2.42 bits per heavy atom. The first-order valence-electron chi connectivity index (χ1n) is 7.79. The van der Waals surface area contributed by atoms with E-state index < -0.39 is 0 Å². The van der Waals surface area contributed by atoms with E-state index in [9.17, 15) is 4.79 Å². The summed E-state index contributed by atoms with van der Waals surface area (Å²) in [4.78, 5) is 10.9. The summed E-state index contributed by atoms with van der Waals surface area (Å²) < 4.78 is 16.9. The van der Waals surface area contributed by atoms with E-state index in [0.717, 1.165) is 12.0 Å². The van der Waals surface area contributed by atoms with Crippen LogP contribution in [0.3, 0.4) is 0 Å². The van der Waals surface area contributed by atoms with Crippen molar-refractivity contribution in [2.75, 3.05) is 19.8 Å². The molecule has 0 aliphatic carbocycles. The van der Waals surface area contributed by atoms with E-state index in [1.807, 2.05) is 32.0 Å². The first kappa shape index (κ1) is 18.1. The topological polar surface area (TPSA) is 44.8 Å². The molecule has 0 amide bonds. The number of carbonyl (C=O) groups is 1. The Kier molecular flexibility index (Phi) is 6.50. The lowest BCUT2D eigenvalue weighted by atomic mass is 10.1. The van der Waals surface area contributed by atoms with Crippen molar-refractivity contribution in [1.82, 2.24) is 0 Å². The van der Waals surface area contributed by atoms with Gasteiger partial charge in [-0.1, -0.05) is 17.7 Å². The van der Waals surface area contributed by atoms with E-state index in [4.69, 9.17) is 25.8 Å². The maximum atomic E-state index is 10.9. The van der Waals surface area contributed by atoms with Crippen LogP contribution in [0.4, 0.5) is 0 Å². The molecule has 24 heavy (non-hydrogen) atoms. The zero-order valence-corrected chi connectivity index (χ0v) is 14.9. The van der Waals surface area contributed by atoms with E-state index in [1.54, 1.807) is 12.1 Å². The van der Waals surface area contributed by atoms with Crippen LogP contribution >= 0.6 is 11.6 Å². The largest absolute Gasteiger partial charge is 0.490 e. The molecule has 0 radical (unpaired) electrons. The third kappa shape index (κ3) is 4.65. The second kappa shape index (κ2) is 8.60. The van der Waals surface area contributed by atoms with Gasteiger partial charge >= 0.3 is 0 Å². The smallest absolute Gasteiger partial charge is 0.179 e. The molecule has 0 heterocycles. The Bertz CT molecular complexity index is 713. The lowest BCUT2D eigenvalue weighted by Crippen LogP contribution is -2.10. The van der Waals surface area contributed by atoms with Gasteiger partial charge in [-0.15, -0.1) is 0 Å². The van der Waals surface area contributed by atoms with E-state index in [1.165, 1.54) is 11.1 Å². The van der Waals surface area contributed by atoms with Gasteiger partial charge in [0.15, 0.2) is 11.5 Å². The van der Waals surface area contributed by atoms with E-state index in [2.05, 4.69) is 6.92 Å². The molecule has 2 rings (SSSR count). The minimum absolute atomic E-state index is 0.313.